The third-order valence-corrected chi connectivity index (χ3v) is 4.68. The zero-order chi connectivity index (χ0) is 20.6. The Hall–Kier alpha value is -2.16. The number of amides is 4. The molecule has 1 aliphatic carbocycles. The number of primary amides is 1. The molecule has 0 aliphatic heterocycles. The minimum atomic E-state index is -1.07. The summed E-state index contributed by atoms with van der Waals surface area (Å²) in [6.07, 6.45) is 3.97. The number of nitrogens with one attached hydrogen (secondary N) is 3. The second-order valence-electron chi connectivity index (χ2n) is 7.76. The van der Waals surface area contributed by atoms with E-state index in [-0.39, 0.29) is 12.5 Å². The third kappa shape index (κ3) is 7.16. The van der Waals surface area contributed by atoms with Gasteiger partial charge < -0.3 is 27.4 Å². The first-order valence-corrected chi connectivity index (χ1v) is 9.52. The molecule has 0 radical (unpaired) electrons. The molecule has 4 amide bonds. The van der Waals surface area contributed by atoms with Gasteiger partial charge in [-0.1, -0.05) is 33.1 Å². The SMILES string of the molecule is CC(C)CC(NC(=O)C1(NC(=O)C(C)N)CCCCC1)C(=O)NCC(N)=O. The van der Waals surface area contributed by atoms with E-state index in [2.05, 4.69) is 16.0 Å². The van der Waals surface area contributed by atoms with Crippen molar-refractivity contribution in [2.24, 2.45) is 17.4 Å². The molecule has 1 fully saturated rings. The van der Waals surface area contributed by atoms with E-state index >= 15 is 0 Å². The van der Waals surface area contributed by atoms with Gasteiger partial charge in [0.05, 0.1) is 12.6 Å². The molecule has 0 saturated heterocycles. The number of carbonyl (C=O) groups excluding carboxylic acids is 4. The van der Waals surface area contributed by atoms with Crippen molar-refractivity contribution in [3.8, 4) is 0 Å². The van der Waals surface area contributed by atoms with Crippen LogP contribution in [0, 0.1) is 5.92 Å². The van der Waals surface area contributed by atoms with Gasteiger partial charge in [-0.2, -0.15) is 0 Å². The molecule has 154 valence electrons. The Morgan fingerprint density at radius 3 is 2.07 bits per heavy atom. The lowest BCUT2D eigenvalue weighted by Crippen LogP contribution is -2.64. The predicted molar refractivity (Wildman–Crippen MR) is 101 cm³/mol. The lowest BCUT2D eigenvalue weighted by Gasteiger charge is -2.38. The summed E-state index contributed by atoms with van der Waals surface area (Å²) < 4.78 is 0. The molecule has 27 heavy (non-hydrogen) atoms. The first kappa shape index (κ1) is 22.9. The maximum Gasteiger partial charge on any atom is 0.246 e. The summed E-state index contributed by atoms with van der Waals surface area (Å²) in [4.78, 5) is 48.5. The van der Waals surface area contributed by atoms with Crippen molar-refractivity contribution in [1.29, 1.82) is 0 Å². The van der Waals surface area contributed by atoms with Gasteiger partial charge in [0.2, 0.25) is 23.6 Å². The highest BCUT2D eigenvalue weighted by Gasteiger charge is 2.42. The van der Waals surface area contributed by atoms with Crippen LogP contribution in [0.2, 0.25) is 0 Å². The van der Waals surface area contributed by atoms with Crippen LogP contribution in [-0.4, -0.2) is 47.8 Å². The van der Waals surface area contributed by atoms with Crippen molar-refractivity contribution in [3.63, 3.8) is 0 Å². The van der Waals surface area contributed by atoms with E-state index in [0.717, 1.165) is 19.3 Å². The first-order valence-electron chi connectivity index (χ1n) is 9.52. The summed E-state index contributed by atoms with van der Waals surface area (Å²) in [5.41, 5.74) is 9.64. The minimum absolute atomic E-state index is 0.135. The molecule has 1 saturated carbocycles. The third-order valence-electron chi connectivity index (χ3n) is 4.68. The predicted octanol–water partition coefficient (Wildman–Crippen LogP) is -0.715. The molecule has 0 aromatic heterocycles. The molecule has 0 aromatic rings. The van der Waals surface area contributed by atoms with E-state index in [1.54, 1.807) is 6.92 Å². The Bertz CT molecular complexity index is 556. The Kier molecular flexibility index (Phi) is 8.68. The van der Waals surface area contributed by atoms with Gasteiger partial charge in [-0.15, -0.1) is 0 Å². The molecule has 0 bridgehead atoms. The Morgan fingerprint density at radius 1 is 1.00 bits per heavy atom. The van der Waals surface area contributed by atoms with Gasteiger partial charge in [-0.05, 0) is 32.1 Å². The van der Waals surface area contributed by atoms with Crippen LogP contribution in [0.25, 0.3) is 0 Å². The number of carbonyl (C=O) groups is 4. The quantitative estimate of drug-likeness (QED) is 0.355. The average Bonchev–Trinajstić information content (AvgIpc) is 2.59. The van der Waals surface area contributed by atoms with Crippen molar-refractivity contribution in [2.45, 2.75) is 76.9 Å². The van der Waals surface area contributed by atoms with E-state index in [1.165, 1.54) is 0 Å². The summed E-state index contributed by atoms with van der Waals surface area (Å²) in [6, 6.07) is -1.55. The Balaban J connectivity index is 2.94. The summed E-state index contributed by atoms with van der Waals surface area (Å²) in [5.74, 6) is -1.79. The van der Waals surface area contributed by atoms with Gasteiger partial charge in [-0.3, -0.25) is 19.2 Å². The largest absolute Gasteiger partial charge is 0.368 e. The maximum absolute atomic E-state index is 13.1. The molecule has 1 rings (SSSR count). The highest BCUT2D eigenvalue weighted by Crippen LogP contribution is 2.29. The number of rotatable bonds is 9. The molecule has 2 unspecified atom stereocenters. The Morgan fingerprint density at radius 2 is 1.59 bits per heavy atom. The standard InChI is InChI=1S/C18H33N5O4/c1-11(2)9-13(16(26)21-10-14(20)24)22-17(27)18(7-5-4-6-8-18)23-15(25)12(3)19/h11-13H,4-10,19H2,1-3H3,(H2,20,24)(H,21,26)(H,22,27)(H,23,25). The monoisotopic (exact) mass is 383 g/mol. The Labute approximate surface area is 160 Å². The summed E-state index contributed by atoms with van der Waals surface area (Å²) in [7, 11) is 0. The van der Waals surface area contributed by atoms with Gasteiger partial charge in [-0.25, -0.2) is 0 Å². The molecule has 0 spiro atoms. The fourth-order valence-corrected chi connectivity index (χ4v) is 3.21. The maximum atomic E-state index is 13.1. The highest BCUT2D eigenvalue weighted by atomic mass is 16.2. The van der Waals surface area contributed by atoms with Crippen LogP contribution in [0.1, 0.15) is 59.3 Å². The molecule has 0 heterocycles. The topological polar surface area (TPSA) is 156 Å². The lowest BCUT2D eigenvalue weighted by atomic mass is 9.80. The van der Waals surface area contributed by atoms with E-state index in [4.69, 9.17) is 11.5 Å². The summed E-state index contributed by atoms with van der Waals surface area (Å²) in [5, 5.41) is 8.00. The van der Waals surface area contributed by atoms with E-state index < -0.39 is 41.3 Å². The van der Waals surface area contributed by atoms with Gasteiger partial charge in [0.15, 0.2) is 0 Å². The highest BCUT2D eigenvalue weighted by molar-refractivity contribution is 5.96. The second kappa shape index (κ2) is 10.2. The van der Waals surface area contributed by atoms with Gasteiger partial charge in [0.25, 0.3) is 0 Å². The minimum Gasteiger partial charge on any atom is -0.368 e. The molecular weight excluding hydrogens is 350 g/mol. The molecule has 1 aliphatic rings. The fraction of sp³-hybridized carbons (Fsp3) is 0.778. The van der Waals surface area contributed by atoms with Gasteiger partial charge in [0, 0.05) is 0 Å². The summed E-state index contributed by atoms with van der Waals surface area (Å²) >= 11 is 0. The zero-order valence-corrected chi connectivity index (χ0v) is 16.5. The van der Waals surface area contributed by atoms with Gasteiger partial charge in [0.1, 0.15) is 11.6 Å². The fourth-order valence-electron chi connectivity index (χ4n) is 3.21. The first-order chi connectivity index (χ1) is 12.6. The van der Waals surface area contributed by atoms with Crippen molar-refractivity contribution in [3.05, 3.63) is 0 Å². The smallest absolute Gasteiger partial charge is 0.246 e. The number of nitrogens with two attached hydrogens (primary N) is 2. The van der Waals surface area contributed by atoms with E-state index in [1.807, 2.05) is 13.8 Å². The molecule has 0 aromatic carbocycles. The molecule has 9 heteroatoms. The van der Waals surface area contributed by atoms with Crippen LogP contribution in [0.15, 0.2) is 0 Å². The van der Waals surface area contributed by atoms with E-state index in [0.29, 0.717) is 19.3 Å². The second-order valence-corrected chi connectivity index (χ2v) is 7.76. The normalized spacial score (nSPS) is 18.3. The zero-order valence-electron chi connectivity index (χ0n) is 16.5. The number of hydrogen-bond acceptors (Lipinski definition) is 5. The average molecular weight is 383 g/mol. The van der Waals surface area contributed by atoms with Crippen molar-refractivity contribution < 1.29 is 19.2 Å². The lowest BCUT2D eigenvalue weighted by molar-refractivity contribution is -0.138. The molecule has 9 nitrogen and oxygen atoms in total. The van der Waals surface area contributed by atoms with Crippen molar-refractivity contribution in [2.75, 3.05) is 6.54 Å². The van der Waals surface area contributed by atoms with Crippen LogP contribution >= 0.6 is 0 Å². The van der Waals surface area contributed by atoms with Crippen LogP contribution in [0.4, 0.5) is 0 Å². The van der Waals surface area contributed by atoms with Crippen molar-refractivity contribution >= 4 is 23.6 Å². The molecule has 7 N–H and O–H groups in total. The van der Waals surface area contributed by atoms with Crippen LogP contribution in [0.5, 0.6) is 0 Å². The van der Waals surface area contributed by atoms with Crippen LogP contribution in [0.3, 0.4) is 0 Å². The van der Waals surface area contributed by atoms with Gasteiger partial charge >= 0.3 is 0 Å². The summed E-state index contributed by atoms with van der Waals surface area (Å²) in [6.45, 7) is 5.11. The van der Waals surface area contributed by atoms with Crippen LogP contribution < -0.4 is 27.4 Å². The van der Waals surface area contributed by atoms with Crippen molar-refractivity contribution in [1.82, 2.24) is 16.0 Å². The molecule has 2 atom stereocenters. The molecular formula is C18H33N5O4. The van der Waals surface area contributed by atoms with Crippen LogP contribution in [-0.2, 0) is 19.2 Å². The van der Waals surface area contributed by atoms with E-state index in [9.17, 15) is 19.2 Å². The number of hydrogen-bond donors (Lipinski definition) is 5.